The average Bonchev–Trinajstić information content (AvgIpc) is 2.76. The molecule has 1 aliphatic heterocycles. The number of nitrogens with zero attached hydrogens (tertiary/aromatic N) is 6. The monoisotopic (exact) mass is 444 g/mol. The molecule has 1 aliphatic rings. The number of aryl methyl sites for hydroxylation is 1. The standard InChI is InChI=1S/C21H28N6O5/c1-21(2,3)32-17(29)5-4-14-8-22-19(23-9-14)26-6-7-27(16(12-26)13-28)20-24-10-15(11-25-20)18(30)31/h8-11,16,28H,4-7,12-13H2,1-3H3,(H,30,31)/t16-/m1/s1. The first-order valence-corrected chi connectivity index (χ1v) is 10.4. The molecule has 1 saturated heterocycles. The predicted octanol–water partition coefficient (Wildman–Crippen LogP) is 0.927. The highest BCUT2D eigenvalue weighted by Crippen LogP contribution is 2.20. The zero-order valence-electron chi connectivity index (χ0n) is 18.4. The highest BCUT2D eigenvalue weighted by molar-refractivity contribution is 5.86. The molecule has 2 N–H and O–H groups in total. The fourth-order valence-electron chi connectivity index (χ4n) is 3.32. The van der Waals surface area contributed by atoms with Crippen LogP contribution in [0.3, 0.4) is 0 Å². The van der Waals surface area contributed by atoms with Crippen molar-refractivity contribution in [1.82, 2.24) is 19.9 Å². The zero-order valence-corrected chi connectivity index (χ0v) is 18.4. The minimum absolute atomic E-state index is 0.00749. The maximum absolute atomic E-state index is 11.9. The molecule has 0 saturated carbocycles. The Morgan fingerprint density at radius 3 is 2.25 bits per heavy atom. The van der Waals surface area contributed by atoms with Crippen molar-refractivity contribution in [2.75, 3.05) is 36.0 Å². The number of carbonyl (C=O) groups is 2. The number of esters is 1. The van der Waals surface area contributed by atoms with Gasteiger partial charge in [0.2, 0.25) is 11.9 Å². The first kappa shape index (κ1) is 23.3. The molecule has 0 aromatic carbocycles. The number of aliphatic hydroxyl groups excluding tert-OH is 1. The van der Waals surface area contributed by atoms with Gasteiger partial charge < -0.3 is 24.7 Å². The van der Waals surface area contributed by atoms with Crippen molar-refractivity contribution >= 4 is 23.8 Å². The normalized spacial score (nSPS) is 16.7. The second-order valence-corrected chi connectivity index (χ2v) is 8.53. The summed E-state index contributed by atoms with van der Waals surface area (Å²) in [5, 5.41) is 18.9. The van der Waals surface area contributed by atoms with Crippen LogP contribution in [0.2, 0.25) is 0 Å². The van der Waals surface area contributed by atoms with Crippen LogP contribution < -0.4 is 9.80 Å². The van der Waals surface area contributed by atoms with Crippen LogP contribution in [0.1, 0.15) is 43.1 Å². The smallest absolute Gasteiger partial charge is 0.338 e. The summed E-state index contributed by atoms with van der Waals surface area (Å²) >= 11 is 0. The second kappa shape index (κ2) is 9.86. The quantitative estimate of drug-likeness (QED) is 0.589. The largest absolute Gasteiger partial charge is 0.478 e. The summed E-state index contributed by atoms with van der Waals surface area (Å²) in [7, 11) is 0. The molecule has 0 unspecified atom stereocenters. The lowest BCUT2D eigenvalue weighted by atomic mass is 10.1. The first-order chi connectivity index (χ1) is 15.2. The Labute approximate surface area is 186 Å². The molecule has 0 aliphatic carbocycles. The number of hydrogen-bond acceptors (Lipinski definition) is 10. The van der Waals surface area contributed by atoms with E-state index in [1.807, 2.05) is 30.6 Å². The summed E-state index contributed by atoms with van der Waals surface area (Å²) in [4.78, 5) is 43.7. The molecule has 0 spiro atoms. The number of aliphatic hydroxyl groups is 1. The molecule has 3 rings (SSSR count). The fraction of sp³-hybridized carbons (Fsp3) is 0.524. The molecule has 0 radical (unpaired) electrons. The molecule has 11 nitrogen and oxygen atoms in total. The molecule has 32 heavy (non-hydrogen) atoms. The van der Waals surface area contributed by atoms with E-state index in [0.717, 1.165) is 5.56 Å². The van der Waals surface area contributed by atoms with Crippen molar-refractivity contribution in [3.05, 3.63) is 35.9 Å². The van der Waals surface area contributed by atoms with Crippen LogP contribution in [-0.4, -0.2) is 80.0 Å². The molecule has 0 amide bonds. The summed E-state index contributed by atoms with van der Waals surface area (Å²) in [6.07, 6.45) is 6.65. The zero-order chi connectivity index (χ0) is 23.3. The van der Waals surface area contributed by atoms with Crippen molar-refractivity contribution in [3.63, 3.8) is 0 Å². The molecule has 172 valence electrons. The summed E-state index contributed by atoms with van der Waals surface area (Å²) in [6, 6.07) is -0.296. The Morgan fingerprint density at radius 1 is 1.06 bits per heavy atom. The predicted molar refractivity (Wildman–Crippen MR) is 116 cm³/mol. The Kier molecular flexibility index (Phi) is 7.18. The van der Waals surface area contributed by atoms with Gasteiger partial charge in [-0.05, 0) is 32.8 Å². The molecule has 2 aromatic rings. The van der Waals surface area contributed by atoms with Crippen LogP contribution in [0, 0.1) is 0 Å². The van der Waals surface area contributed by atoms with E-state index < -0.39 is 11.6 Å². The number of piperazine rings is 1. The van der Waals surface area contributed by atoms with Gasteiger partial charge >= 0.3 is 11.9 Å². The van der Waals surface area contributed by atoms with Crippen LogP contribution >= 0.6 is 0 Å². The van der Waals surface area contributed by atoms with Gasteiger partial charge in [0, 0.05) is 50.8 Å². The number of hydrogen-bond donors (Lipinski definition) is 2. The van der Waals surface area contributed by atoms with Crippen molar-refractivity contribution in [1.29, 1.82) is 0 Å². The van der Waals surface area contributed by atoms with Gasteiger partial charge in [-0.1, -0.05) is 0 Å². The van der Waals surface area contributed by atoms with Crippen LogP contribution in [0.25, 0.3) is 0 Å². The lowest BCUT2D eigenvalue weighted by Crippen LogP contribution is -2.56. The van der Waals surface area contributed by atoms with Crippen molar-refractivity contribution in [3.8, 4) is 0 Å². The molecular weight excluding hydrogens is 416 g/mol. The van der Waals surface area contributed by atoms with E-state index in [1.165, 1.54) is 12.4 Å². The van der Waals surface area contributed by atoms with Crippen molar-refractivity contribution < 1.29 is 24.5 Å². The Bertz CT molecular complexity index is 929. The lowest BCUT2D eigenvalue weighted by Gasteiger charge is -2.40. The summed E-state index contributed by atoms with van der Waals surface area (Å²) < 4.78 is 5.31. The fourth-order valence-corrected chi connectivity index (χ4v) is 3.32. The molecular formula is C21H28N6O5. The van der Waals surface area contributed by atoms with Gasteiger partial charge in [0.1, 0.15) is 5.60 Å². The van der Waals surface area contributed by atoms with E-state index in [9.17, 15) is 14.7 Å². The van der Waals surface area contributed by atoms with Gasteiger partial charge in [-0.15, -0.1) is 0 Å². The molecule has 1 fully saturated rings. The maximum Gasteiger partial charge on any atom is 0.338 e. The highest BCUT2D eigenvalue weighted by Gasteiger charge is 2.29. The Hall–Kier alpha value is -3.34. The van der Waals surface area contributed by atoms with E-state index in [-0.39, 0.29) is 30.6 Å². The minimum atomic E-state index is -1.09. The SMILES string of the molecule is CC(C)(C)OC(=O)CCc1cnc(N2CCN(c3ncc(C(=O)O)cn3)[C@@H](CO)C2)nc1. The van der Waals surface area contributed by atoms with E-state index >= 15 is 0 Å². The van der Waals surface area contributed by atoms with Gasteiger partial charge in [-0.3, -0.25) is 4.79 Å². The highest BCUT2D eigenvalue weighted by atomic mass is 16.6. The maximum atomic E-state index is 11.9. The number of aromatic carboxylic acids is 1. The molecule has 1 atom stereocenters. The first-order valence-electron chi connectivity index (χ1n) is 10.4. The third-order valence-electron chi connectivity index (χ3n) is 4.85. The average molecular weight is 444 g/mol. The van der Waals surface area contributed by atoms with Crippen LogP contribution in [0.5, 0.6) is 0 Å². The van der Waals surface area contributed by atoms with Crippen molar-refractivity contribution in [2.45, 2.75) is 45.3 Å². The van der Waals surface area contributed by atoms with Gasteiger partial charge in [-0.25, -0.2) is 24.7 Å². The number of carbonyl (C=O) groups excluding carboxylic acids is 1. The number of anilines is 2. The van der Waals surface area contributed by atoms with E-state index in [0.29, 0.717) is 38.0 Å². The van der Waals surface area contributed by atoms with E-state index in [2.05, 4.69) is 19.9 Å². The Balaban J connectivity index is 1.59. The summed E-state index contributed by atoms with van der Waals surface area (Å²) in [5.74, 6) is -0.452. The van der Waals surface area contributed by atoms with Gasteiger partial charge in [0.25, 0.3) is 0 Å². The molecule has 3 heterocycles. The second-order valence-electron chi connectivity index (χ2n) is 8.53. The van der Waals surface area contributed by atoms with Gasteiger partial charge in [0.15, 0.2) is 0 Å². The minimum Gasteiger partial charge on any atom is -0.478 e. The number of aromatic nitrogens is 4. The molecule has 11 heteroatoms. The summed E-state index contributed by atoms with van der Waals surface area (Å²) in [5.41, 5.74) is 0.337. The number of carboxylic acids is 1. The number of carboxylic acid groups (broad SMARTS) is 1. The topological polar surface area (TPSA) is 142 Å². The molecule has 2 aromatic heterocycles. The van der Waals surface area contributed by atoms with Crippen LogP contribution in [0.4, 0.5) is 11.9 Å². The van der Waals surface area contributed by atoms with Crippen LogP contribution in [-0.2, 0) is 16.0 Å². The number of ether oxygens (including phenoxy) is 1. The van der Waals surface area contributed by atoms with E-state index in [1.54, 1.807) is 12.4 Å². The van der Waals surface area contributed by atoms with Gasteiger partial charge in [0.05, 0.1) is 18.2 Å². The Morgan fingerprint density at radius 2 is 1.69 bits per heavy atom. The third kappa shape index (κ3) is 6.10. The van der Waals surface area contributed by atoms with Crippen LogP contribution in [0.15, 0.2) is 24.8 Å². The molecule has 0 bridgehead atoms. The lowest BCUT2D eigenvalue weighted by molar-refractivity contribution is -0.154. The van der Waals surface area contributed by atoms with Gasteiger partial charge in [-0.2, -0.15) is 0 Å². The summed E-state index contributed by atoms with van der Waals surface area (Å²) in [6.45, 7) is 6.92. The number of rotatable bonds is 7. The third-order valence-corrected chi connectivity index (χ3v) is 4.85. The van der Waals surface area contributed by atoms with E-state index in [4.69, 9.17) is 9.84 Å². The van der Waals surface area contributed by atoms with Crippen molar-refractivity contribution in [2.24, 2.45) is 0 Å².